The number of benzene rings is 3. The van der Waals surface area contributed by atoms with Gasteiger partial charge in [-0.25, -0.2) is 8.42 Å². The Kier molecular flexibility index (Phi) is 11.3. The van der Waals surface area contributed by atoms with Crippen LogP contribution in [-0.2, 0) is 26.2 Å². The highest BCUT2D eigenvalue weighted by Gasteiger charge is 2.34. The second-order valence-corrected chi connectivity index (χ2v) is 11.9. The standard InChI is InChI=1S/C32H41N3O5S/c1-6-8-20-33-32(37)28(7-2)34(22-26-17-14-24(3)15-18-26)31(36)23-35(29-21-25(4)16-19-30(29)40-5)41(38,39)27-12-10-9-11-13-27/h9-19,21,28H,6-8,20,22-23H2,1-5H3,(H,33,37). The summed E-state index contributed by atoms with van der Waals surface area (Å²) in [6, 6.07) is 20.1. The lowest BCUT2D eigenvalue weighted by atomic mass is 10.1. The van der Waals surface area contributed by atoms with Crippen LogP contribution in [0.2, 0.25) is 0 Å². The first-order valence-electron chi connectivity index (χ1n) is 14.0. The number of sulfonamides is 1. The Labute approximate surface area is 244 Å². The third-order valence-electron chi connectivity index (χ3n) is 6.90. The van der Waals surface area contributed by atoms with Crippen LogP contribution in [0.1, 0.15) is 49.8 Å². The van der Waals surface area contributed by atoms with Crippen LogP contribution in [0.3, 0.4) is 0 Å². The quantitative estimate of drug-likeness (QED) is 0.264. The Bertz CT molecular complexity index is 1410. The van der Waals surface area contributed by atoms with Gasteiger partial charge in [0.25, 0.3) is 10.0 Å². The van der Waals surface area contributed by atoms with Gasteiger partial charge < -0.3 is 15.0 Å². The maximum absolute atomic E-state index is 14.2. The zero-order valence-electron chi connectivity index (χ0n) is 24.6. The van der Waals surface area contributed by atoms with Gasteiger partial charge in [-0.1, -0.05) is 74.4 Å². The van der Waals surface area contributed by atoms with Crippen LogP contribution in [0.25, 0.3) is 0 Å². The van der Waals surface area contributed by atoms with Crippen molar-refractivity contribution in [3.05, 3.63) is 89.5 Å². The zero-order chi connectivity index (χ0) is 30.0. The van der Waals surface area contributed by atoms with Crippen molar-refractivity contribution < 1.29 is 22.7 Å². The molecule has 0 aromatic heterocycles. The largest absolute Gasteiger partial charge is 0.495 e. The molecular formula is C32H41N3O5S. The minimum atomic E-state index is -4.18. The molecule has 1 atom stereocenters. The minimum absolute atomic E-state index is 0.0470. The van der Waals surface area contributed by atoms with E-state index in [1.54, 1.807) is 30.3 Å². The van der Waals surface area contributed by atoms with E-state index in [1.807, 2.05) is 58.0 Å². The summed E-state index contributed by atoms with van der Waals surface area (Å²) < 4.78 is 34.7. The molecule has 9 heteroatoms. The van der Waals surface area contributed by atoms with E-state index < -0.39 is 28.5 Å². The summed E-state index contributed by atoms with van der Waals surface area (Å²) in [6.07, 6.45) is 2.12. The summed E-state index contributed by atoms with van der Waals surface area (Å²) in [7, 11) is -2.72. The predicted molar refractivity (Wildman–Crippen MR) is 162 cm³/mol. The molecule has 0 bridgehead atoms. The highest BCUT2D eigenvalue weighted by atomic mass is 32.2. The third-order valence-corrected chi connectivity index (χ3v) is 8.68. The van der Waals surface area contributed by atoms with E-state index in [4.69, 9.17) is 4.74 Å². The number of carbonyl (C=O) groups is 2. The van der Waals surface area contributed by atoms with Crippen LogP contribution in [0.15, 0.2) is 77.7 Å². The van der Waals surface area contributed by atoms with Gasteiger partial charge in [-0.3, -0.25) is 13.9 Å². The second-order valence-electron chi connectivity index (χ2n) is 10.1. The highest BCUT2D eigenvalue weighted by molar-refractivity contribution is 7.92. The van der Waals surface area contributed by atoms with Crippen LogP contribution in [0, 0.1) is 13.8 Å². The first-order valence-corrected chi connectivity index (χ1v) is 15.4. The molecule has 0 spiro atoms. The third kappa shape index (κ3) is 8.10. The fraction of sp³-hybridized carbons (Fsp3) is 0.375. The van der Waals surface area contributed by atoms with Gasteiger partial charge in [0.2, 0.25) is 11.8 Å². The van der Waals surface area contributed by atoms with Crippen LogP contribution < -0.4 is 14.4 Å². The fourth-order valence-corrected chi connectivity index (χ4v) is 5.98. The summed E-state index contributed by atoms with van der Waals surface area (Å²) in [5.74, 6) is -0.435. The van der Waals surface area contributed by atoms with Crippen LogP contribution >= 0.6 is 0 Å². The molecule has 0 saturated carbocycles. The van der Waals surface area contributed by atoms with Crippen LogP contribution in [0.4, 0.5) is 5.69 Å². The monoisotopic (exact) mass is 579 g/mol. The van der Waals surface area contributed by atoms with Gasteiger partial charge >= 0.3 is 0 Å². The van der Waals surface area contributed by atoms with Crippen LogP contribution in [0.5, 0.6) is 5.75 Å². The number of nitrogens with one attached hydrogen (secondary N) is 1. The summed E-state index contributed by atoms with van der Waals surface area (Å²) in [4.78, 5) is 29.0. The zero-order valence-corrected chi connectivity index (χ0v) is 25.4. The van der Waals surface area contributed by atoms with Gasteiger partial charge in [0.05, 0.1) is 17.7 Å². The minimum Gasteiger partial charge on any atom is -0.495 e. The number of anilines is 1. The van der Waals surface area contributed by atoms with Gasteiger partial charge in [0, 0.05) is 13.1 Å². The van der Waals surface area contributed by atoms with E-state index in [0.29, 0.717) is 18.7 Å². The lowest BCUT2D eigenvalue weighted by Crippen LogP contribution is -2.52. The van der Waals surface area contributed by atoms with Gasteiger partial charge in [-0.2, -0.15) is 0 Å². The number of carbonyl (C=O) groups excluding carboxylic acids is 2. The number of hydrogen-bond acceptors (Lipinski definition) is 5. The van der Waals surface area contributed by atoms with Crippen LogP contribution in [-0.4, -0.2) is 51.4 Å². The number of methoxy groups -OCH3 is 1. The Morgan fingerprint density at radius 1 is 0.927 bits per heavy atom. The van der Waals surface area contributed by atoms with E-state index >= 15 is 0 Å². The average molecular weight is 580 g/mol. The van der Waals surface area contributed by atoms with E-state index in [1.165, 1.54) is 24.1 Å². The van der Waals surface area contributed by atoms with E-state index in [9.17, 15) is 18.0 Å². The Morgan fingerprint density at radius 2 is 1.59 bits per heavy atom. The van der Waals surface area contributed by atoms with Crippen molar-refractivity contribution in [3.8, 4) is 5.75 Å². The molecule has 3 aromatic carbocycles. The first kappa shape index (κ1) is 31.7. The number of amides is 2. The molecule has 0 fully saturated rings. The van der Waals surface area contributed by atoms with E-state index in [2.05, 4.69) is 5.32 Å². The van der Waals surface area contributed by atoms with Gasteiger partial charge in [-0.15, -0.1) is 0 Å². The molecule has 0 aliphatic heterocycles. The molecule has 3 aromatic rings. The van der Waals surface area contributed by atoms with Crippen molar-refractivity contribution in [1.29, 1.82) is 0 Å². The normalized spacial score (nSPS) is 11.9. The topological polar surface area (TPSA) is 96.0 Å². The molecule has 0 heterocycles. The molecule has 0 saturated heterocycles. The SMILES string of the molecule is CCCCNC(=O)C(CC)N(Cc1ccc(C)cc1)C(=O)CN(c1cc(C)ccc1OC)S(=O)(=O)c1ccccc1. The molecule has 41 heavy (non-hydrogen) atoms. The Hall–Kier alpha value is -3.85. The van der Waals surface area contributed by atoms with Gasteiger partial charge in [0.1, 0.15) is 18.3 Å². The van der Waals surface area contributed by atoms with Gasteiger partial charge in [-0.05, 0) is 62.1 Å². The summed E-state index contributed by atoms with van der Waals surface area (Å²) in [5, 5.41) is 2.95. The molecule has 1 unspecified atom stereocenters. The van der Waals surface area contributed by atoms with Crippen molar-refractivity contribution in [2.24, 2.45) is 0 Å². The van der Waals surface area contributed by atoms with E-state index in [-0.39, 0.29) is 23.0 Å². The summed E-state index contributed by atoms with van der Waals surface area (Å²) in [5.41, 5.74) is 2.97. The first-order chi connectivity index (χ1) is 19.6. The highest BCUT2D eigenvalue weighted by Crippen LogP contribution is 2.33. The smallest absolute Gasteiger partial charge is 0.264 e. The molecule has 2 amide bonds. The molecule has 0 aliphatic carbocycles. The van der Waals surface area contributed by atoms with Crippen molar-refractivity contribution in [2.45, 2.75) is 64.4 Å². The number of nitrogens with zero attached hydrogens (tertiary/aromatic N) is 2. The average Bonchev–Trinajstić information content (AvgIpc) is 2.97. The maximum atomic E-state index is 14.2. The molecular weight excluding hydrogens is 538 g/mol. The maximum Gasteiger partial charge on any atom is 0.264 e. The fourth-order valence-electron chi connectivity index (χ4n) is 4.54. The van der Waals surface area contributed by atoms with Crippen molar-refractivity contribution in [1.82, 2.24) is 10.2 Å². The van der Waals surface area contributed by atoms with Crippen molar-refractivity contribution in [3.63, 3.8) is 0 Å². The lowest BCUT2D eigenvalue weighted by molar-refractivity contribution is -0.140. The number of rotatable bonds is 14. The molecule has 1 N–H and O–H groups in total. The molecule has 3 rings (SSSR count). The van der Waals surface area contributed by atoms with Crippen molar-refractivity contribution >= 4 is 27.5 Å². The molecule has 220 valence electrons. The molecule has 8 nitrogen and oxygen atoms in total. The summed E-state index contributed by atoms with van der Waals surface area (Å²) >= 11 is 0. The molecule has 0 radical (unpaired) electrons. The van der Waals surface area contributed by atoms with Gasteiger partial charge in [0.15, 0.2) is 0 Å². The summed E-state index contributed by atoms with van der Waals surface area (Å²) in [6.45, 7) is 7.86. The Balaban J connectivity index is 2.08. The lowest BCUT2D eigenvalue weighted by Gasteiger charge is -2.33. The second kappa shape index (κ2) is 14.7. The Morgan fingerprint density at radius 3 is 2.20 bits per heavy atom. The van der Waals surface area contributed by atoms with E-state index in [0.717, 1.165) is 33.8 Å². The van der Waals surface area contributed by atoms with Crippen molar-refractivity contribution in [2.75, 3.05) is 24.5 Å². The number of ether oxygens (including phenoxy) is 1. The number of hydrogen-bond donors (Lipinski definition) is 1. The number of unbranched alkanes of at least 4 members (excludes halogenated alkanes) is 1. The predicted octanol–water partition coefficient (Wildman–Crippen LogP) is 5.23. The molecule has 0 aliphatic rings. The number of aryl methyl sites for hydroxylation is 2.